The fourth-order valence-corrected chi connectivity index (χ4v) is 3.25. The van der Waals surface area contributed by atoms with Gasteiger partial charge in [0.2, 0.25) is 0 Å². The fourth-order valence-electron chi connectivity index (χ4n) is 3.25. The first-order valence-corrected chi connectivity index (χ1v) is 8.25. The van der Waals surface area contributed by atoms with Crippen molar-refractivity contribution in [1.82, 2.24) is 15.1 Å². The number of benzene rings is 1. The van der Waals surface area contributed by atoms with Gasteiger partial charge in [-0.3, -0.25) is 5.10 Å². The lowest BCUT2D eigenvalue weighted by atomic mass is 9.98. The van der Waals surface area contributed by atoms with Gasteiger partial charge < -0.3 is 20.1 Å². The van der Waals surface area contributed by atoms with Crippen LogP contribution in [0.2, 0.25) is 0 Å². The van der Waals surface area contributed by atoms with Crippen LogP contribution in [0.5, 0.6) is 5.75 Å². The Bertz CT molecular complexity index is 647. The molecule has 1 fully saturated rings. The zero-order chi connectivity index (χ0) is 16.2. The number of nitrogens with zero attached hydrogens (tertiary/aromatic N) is 2. The highest BCUT2D eigenvalue weighted by atomic mass is 16.5. The van der Waals surface area contributed by atoms with E-state index in [9.17, 15) is 0 Å². The van der Waals surface area contributed by atoms with Gasteiger partial charge in [-0.25, -0.2) is 0 Å². The first-order chi connectivity index (χ1) is 11.2. The smallest absolute Gasteiger partial charge is 0.153 e. The molecule has 0 amide bonds. The Kier molecular flexibility index (Phi) is 5.03. The van der Waals surface area contributed by atoms with Crippen molar-refractivity contribution in [3.63, 3.8) is 0 Å². The zero-order valence-corrected chi connectivity index (χ0v) is 14.0. The molecule has 0 spiro atoms. The molecule has 2 heterocycles. The minimum Gasteiger partial charge on any atom is -0.493 e. The van der Waals surface area contributed by atoms with Crippen molar-refractivity contribution in [2.24, 2.45) is 5.92 Å². The topological polar surface area (TPSA) is 76.4 Å². The van der Waals surface area contributed by atoms with E-state index >= 15 is 0 Å². The van der Waals surface area contributed by atoms with Crippen LogP contribution in [0.1, 0.15) is 18.4 Å². The van der Waals surface area contributed by atoms with Gasteiger partial charge >= 0.3 is 0 Å². The number of likely N-dealkylation sites (tertiary alicyclic amines) is 1. The maximum absolute atomic E-state index is 6.03. The van der Waals surface area contributed by atoms with E-state index in [1.807, 2.05) is 19.1 Å². The van der Waals surface area contributed by atoms with Crippen molar-refractivity contribution < 1.29 is 9.47 Å². The van der Waals surface area contributed by atoms with Crippen LogP contribution in [0.25, 0.3) is 10.9 Å². The summed E-state index contributed by atoms with van der Waals surface area (Å²) in [5.41, 5.74) is 7.90. The molecule has 0 aliphatic carbocycles. The summed E-state index contributed by atoms with van der Waals surface area (Å²) >= 11 is 0. The van der Waals surface area contributed by atoms with Crippen LogP contribution >= 0.6 is 0 Å². The van der Waals surface area contributed by atoms with Gasteiger partial charge in [0, 0.05) is 25.1 Å². The molecule has 1 aliphatic rings. The molecule has 1 aliphatic heterocycles. The van der Waals surface area contributed by atoms with Crippen molar-refractivity contribution in [3.8, 4) is 5.75 Å². The summed E-state index contributed by atoms with van der Waals surface area (Å²) < 4.78 is 11.2. The van der Waals surface area contributed by atoms with E-state index in [-0.39, 0.29) is 0 Å². The Balaban J connectivity index is 1.53. The van der Waals surface area contributed by atoms with Crippen molar-refractivity contribution in [3.05, 3.63) is 17.7 Å². The number of aromatic amines is 1. The molecule has 1 aromatic carbocycles. The first-order valence-electron chi connectivity index (χ1n) is 8.25. The average Bonchev–Trinajstić information content (AvgIpc) is 2.93. The number of nitrogens with one attached hydrogen (secondary N) is 1. The summed E-state index contributed by atoms with van der Waals surface area (Å²) in [5.74, 6) is 2.06. The number of nitrogen functional groups attached to an aromatic ring is 1. The number of ether oxygens (including phenoxy) is 2. The summed E-state index contributed by atoms with van der Waals surface area (Å²) in [4.78, 5) is 2.46. The van der Waals surface area contributed by atoms with Gasteiger partial charge in [-0.15, -0.1) is 0 Å². The Morgan fingerprint density at radius 1 is 1.35 bits per heavy atom. The molecule has 0 atom stereocenters. The van der Waals surface area contributed by atoms with E-state index in [1.54, 1.807) is 7.11 Å². The molecule has 1 aromatic heterocycles. The van der Waals surface area contributed by atoms with Gasteiger partial charge in [0.1, 0.15) is 5.75 Å². The number of nitrogens with two attached hydrogens (primary N) is 1. The highest BCUT2D eigenvalue weighted by Gasteiger charge is 2.19. The van der Waals surface area contributed by atoms with Crippen molar-refractivity contribution in [2.45, 2.75) is 19.8 Å². The predicted molar refractivity (Wildman–Crippen MR) is 91.8 cm³/mol. The predicted octanol–water partition coefficient (Wildman–Crippen LogP) is 2.19. The number of H-pyrrole nitrogens is 1. The number of rotatable bonds is 6. The normalized spacial score (nSPS) is 17.0. The van der Waals surface area contributed by atoms with Crippen LogP contribution in [-0.2, 0) is 4.74 Å². The molecule has 0 bridgehead atoms. The maximum atomic E-state index is 6.03. The second kappa shape index (κ2) is 7.19. The molecule has 0 unspecified atom stereocenters. The van der Waals surface area contributed by atoms with Crippen LogP contribution in [0.4, 0.5) is 5.82 Å². The Hall–Kier alpha value is -1.79. The van der Waals surface area contributed by atoms with Gasteiger partial charge in [-0.2, -0.15) is 5.10 Å². The number of fused-ring (bicyclic) bond motifs is 1. The fraction of sp³-hybridized carbons (Fsp3) is 0.588. The summed E-state index contributed by atoms with van der Waals surface area (Å²) in [5, 5.41) is 8.01. The van der Waals surface area contributed by atoms with Crippen LogP contribution in [0.15, 0.2) is 12.1 Å². The molecule has 0 saturated carbocycles. The second-order valence-corrected chi connectivity index (χ2v) is 6.36. The van der Waals surface area contributed by atoms with Crippen LogP contribution < -0.4 is 10.5 Å². The lowest BCUT2D eigenvalue weighted by molar-refractivity contribution is 0.105. The largest absolute Gasteiger partial charge is 0.493 e. The molecule has 3 N–H and O–H groups in total. The van der Waals surface area contributed by atoms with Gasteiger partial charge in [-0.1, -0.05) is 0 Å². The van der Waals surface area contributed by atoms with Crippen LogP contribution in [0.3, 0.4) is 0 Å². The molecule has 6 nitrogen and oxygen atoms in total. The zero-order valence-electron chi connectivity index (χ0n) is 14.0. The minimum atomic E-state index is 0.549. The molecular formula is C17H26N4O2. The summed E-state index contributed by atoms with van der Waals surface area (Å²) in [7, 11) is 1.76. The van der Waals surface area contributed by atoms with E-state index in [0.717, 1.165) is 55.1 Å². The molecule has 126 valence electrons. The molecule has 6 heteroatoms. The SMILES string of the molecule is COCCN1CCC(COc2cc(C)c3c(N)n[nH]c3c2)CC1. The summed E-state index contributed by atoms with van der Waals surface area (Å²) in [6.07, 6.45) is 2.36. The van der Waals surface area contributed by atoms with Crippen molar-refractivity contribution in [1.29, 1.82) is 0 Å². The minimum absolute atomic E-state index is 0.549. The Morgan fingerprint density at radius 3 is 2.87 bits per heavy atom. The number of hydrogen-bond donors (Lipinski definition) is 2. The molecule has 2 aromatic rings. The molecular weight excluding hydrogens is 292 g/mol. The summed E-state index contributed by atoms with van der Waals surface area (Å²) in [6, 6.07) is 4.03. The third kappa shape index (κ3) is 3.76. The third-order valence-electron chi connectivity index (χ3n) is 4.67. The van der Waals surface area contributed by atoms with Crippen molar-refractivity contribution in [2.75, 3.05) is 45.7 Å². The number of methoxy groups -OCH3 is 1. The van der Waals surface area contributed by atoms with E-state index in [2.05, 4.69) is 15.1 Å². The van der Waals surface area contributed by atoms with Crippen molar-refractivity contribution >= 4 is 16.7 Å². The number of aromatic nitrogens is 2. The quantitative estimate of drug-likeness (QED) is 0.854. The number of hydrogen-bond acceptors (Lipinski definition) is 5. The Labute approximate surface area is 136 Å². The van der Waals surface area contributed by atoms with E-state index in [0.29, 0.717) is 11.7 Å². The second-order valence-electron chi connectivity index (χ2n) is 6.36. The van der Waals surface area contributed by atoms with E-state index < -0.39 is 0 Å². The standard InChI is InChI=1S/C17H26N4O2/c1-12-9-14(10-15-16(12)17(18)20-19-15)23-11-13-3-5-21(6-4-13)7-8-22-2/h9-10,13H,3-8,11H2,1-2H3,(H3,18,19,20). The maximum Gasteiger partial charge on any atom is 0.153 e. The monoisotopic (exact) mass is 318 g/mol. The van der Waals surface area contributed by atoms with Crippen LogP contribution in [-0.4, -0.2) is 55.1 Å². The molecule has 23 heavy (non-hydrogen) atoms. The number of aryl methyl sites for hydroxylation is 1. The van der Waals surface area contributed by atoms with Gasteiger partial charge in [0.05, 0.1) is 18.7 Å². The molecule has 1 saturated heterocycles. The van der Waals surface area contributed by atoms with Gasteiger partial charge in [0.15, 0.2) is 5.82 Å². The molecule has 3 rings (SSSR count). The first kappa shape index (κ1) is 16.1. The third-order valence-corrected chi connectivity index (χ3v) is 4.67. The average molecular weight is 318 g/mol. The van der Waals surface area contributed by atoms with E-state index in [4.69, 9.17) is 15.2 Å². The number of piperidine rings is 1. The highest BCUT2D eigenvalue weighted by molar-refractivity contribution is 5.92. The highest BCUT2D eigenvalue weighted by Crippen LogP contribution is 2.28. The number of anilines is 1. The molecule has 0 radical (unpaired) electrons. The van der Waals surface area contributed by atoms with Gasteiger partial charge in [-0.05, 0) is 50.4 Å². The van der Waals surface area contributed by atoms with Crippen LogP contribution in [0, 0.1) is 12.8 Å². The lowest BCUT2D eigenvalue weighted by Crippen LogP contribution is -2.37. The van der Waals surface area contributed by atoms with E-state index in [1.165, 1.54) is 12.8 Å². The Morgan fingerprint density at radius 2 is 2.13 bits per heavy atom. The van der Waals surface area contributed by atoms with Gasteiger partial charge in [0.25, 0.3) is 0 Å². The summed E-state index contributed by atoms with van der Waals surface area (Å²) in [6.45, 7) is 6.91. The lowest BCUT2D eigenvalue weighted by Gasteiger charge is -2.31.